The van der Waals surface area contributed by atoms with E-state index in [1.54, 1.807) is 4.90 Å². The van der Waals surface area contributed by atoms with Gasteiger partial charge >= 0.3 is 0 Å². The molecule has 4 nitrogen and oxygen atoms in total. The molecule has 134 valence electrons. The number of nitrogens with zero attached hydrogens (tertiary/aromatic N) is 2. The summed E-state index contributed by atoms with van der Waals surface area (Å²) < 4.78 is 6.74. The number of carbonyl (C=O) groups is 1. The predicted molar refractivity (Wildman–Crippen MR) is 106 cm³/mol. The first-order chi connectivity index (χ1) is 12.6. The fourth-order valence-corrected chi connectivity index (χ4v) is 4.38. The van der Waals surface area contributed by atoms with E-state index in [2.05, 4.69) is 4.98 Å². The topological polar surface area (TPSA) is 42.4 Å². The minimum atomic E-state index is -0.0596. The number of carbonyl (C=O) groups excluding carboxylic acids is 1. The first kappa shape index (κ1) is 17.5. The van der Waals surface area contributed by atoms with Gasteiger partial charge in [-0.2, -0.15) is 0 Å². The monoisotopic (exact) mass is 386 g/mol. The molecule has 0 aliphatic carbocycles. The Morgan fingerprint density at radius 3 is 2.81 bits per heavy atom. The Morgan fingerprint density at radius 2 is 2.12 bits per heavy atom. The van der Waals surface area contributed by atoms with E-state index in [4.69, 9.17) is 16.3 Å². The molecule has 0 saturated carbocycles. The third kappa shape index (κ3) is 3.47. The van der Waals surface area contributed by atoms with Crippen LogP contribution in [-0.4, -0.2) is 30.1 Å². The van der Waals surface area contributed by atoms with Gasteiger partial charge in [-0.25, -0.2) is 4.98 Å². The average Bonchev–Trinajstić information content (AvgIpc) is 3.30. The van der Waals surface area contributed by atoms with E-state index in [0.717, 1.165) is 35.2 Å². The van der Waals surface area contributed by atoms with Crippen molar-refractivity contribution in [1.29, 1.82) is 0 Å². The Balaban J connectivity index is 1.72. The molecule has 6 heteroatoms. The van der Waals surface area contributed by atoms with Gasteiger partial charge in [0, 0.05) is 12.2 Å². The molecule has 0 spiro atoms. The summed E-state index contributed by atoms with van der Waals surface area (Å²) in [7, 11) is 0. The molecule has 1 aromatic heterocycles. The first-order valence-corrected chi connectivity index (χ1v) is 9.86. The average molecular weight is 387 g/mol. The molecule has 1 unspecified atom stereocenters. The van der Waals surface area contributed by atoms with Crippen LogP contribution in [0.15, 0.2) is 42.5 Å². The number of para-hydroxylation sites is 1. The molecule has 0 N–H and O–H groups in total. The van der Waals surface area contributed by atoms with Crippen LogP contribution in [0, 0.1) is 6.92 Å². The van der Waals surface area contributed by atoms with Gasteiger partial charge in [-0.15, -0.1) is 0 Å². The highest BCUT2D eigenvalue weighted by atomic mass is 35.5. The van der Waals surface area contributed by atoms with Crippen LogP contribution in [0.5, 0.6) is 0 Å². The number of aryl methyl sites for hydroxylation is 1. The fourth-order valence-electron chi connectivity index (χ4n) is 3.11. The summed E-state index contributed by atoms with van der Waals surface area (Å²) >= 11 is 7.76. The van der Waals surface area contributed by atoms with Crippen LogP contribution in [0.4, 0.5) is 5.13 Å². The quantitative estimate of drug-likeness (QED) is 0.627. The third-order valence-electron chi connectivity index (χ3n) is 4.54. The second-order valence-corrected chi connectivity index (χ2v) is 7.92. The molecule has 0 bridgehead atoms. The SMILES string of the molecule is Cc1ccc(C(=O)N(CC2CCCO2)c2nc3c(Cl)cccc3s2)cc1. The van der Waals surface area contributed by atoms with Crippen molar-refractivity contribution in [2.45, 2.75) is 25.9 Å². The van der Waals surface area contributed by atoms with E-state index in [1.807, 2.05) is 49.4 Å². The lowest BCUT2D eigenvalue weighted by Crippen LogP contribution is -2.37. The van der Waals surface area contributed by atoms with Crippen molar-refractivity contribution in [2.24, 2.45) is 0 Å². The Labute approximate surface area is 161 Å². The minimum absolute atomic E-state index is 0.0480. The molecule has 26 heavy (non-hydrogen) atoms. The van der Waals surface area contributed by atoms with Crippen LogP contribution in [0.2, 0.25) is 5.02 Å². The number of benzene rings is 2. The van der Waals surface area contributed by atoms with Crippen molar-refractivity contribution in [3.63, 3.8) is 0 Å². The largest absolute Gasteiger partial charge is 0.376 e. The molecular formula is C20H19ClN2O2S. The Bertz CT molecular complexity index is 933. The van der Waals surface area contributed by atoms with Crippen molar-refractivity contribution in [2.75, 3.05) is 18.1 Å². The number of fused-ring (bicyclic) bond motifs is 1. The molecule has 1 amide bonds. The Morgan fingerprint density at radius 1 is 1.31 bits per heavy atom. The van der Waals surface area contributed by atoms with Gasteiger partial charge in [-0.3, -0.25) is 9.69 Å². The highest BCUT2D eigenvalue weighted by Crippen LogP contribution is 2.34. The predicted octanol–water partition coefficient (Wildman–Crippen LogP) is 5.08. The number of hydrogen-bond acceptors (Lipinski definition) is 4. The molecular weight excluding hydrogens is 368 g/mol. The second-order valence-electron chi connectivity index (χ2n) is 6.50. The third-order valence-corrected chi connectivity index (χ3v) is 5.89. The molecule has 1 atom stereocenters. The van der Waals surface area contributed by atoms with Gasteiger partial charge < -0.3 is 4.74 Å². The van der Waals surface area contributed by atoms with Gasteiger partial charge in [0.1, 0.15) is 5.52 Å². The maximum atomic E-state index is 13.2. The molecule has 1 aliphatic rings. The van der Waals surface area contributed by atoms with Crippen molar-refractivity contribution in [3.8, 4) is 0 Å². The van der Waals surface area contributed by atoms with Crippen LogP contribution in [-0.2, 0) is 4.74 Å². The molecule has 0 radical (unpaired) electrons. The fraction of sp³-hybridized carbons (Fsp3) is 0.300. The van der Waals surface area contributed by atoms with Gasteiger partial charge in [0.15, 0.2) is 5.13 Å². The van der Waals surface area contributed by atoms with Gasteiger partial charge in [0.25, 0.3) is 5.91 Å². The lowest BCUT2D eigenvalue weighted by atomic mass is 10.1. The van der Waals surface area contributed by atoms with E-state index in [-0.39, 0.29) is 12.0 Å². The zero-order valence-electron chi connectivity index (χ0n) is 14.4. The summed E-state index contributed by atoms with van der Waals surface area (Å²) in [5.41, 5.74) is 2.51. The normalized spacial score (nSPS) is 16.9. The van der Waals surface area contributed by atoms with E-state index >= 15 is 0 Å². The van der Waals surface area contributed by atoms with Crippen molar-refractivity contribution < 1.29 is 9.53 Å². The molecule has 4 rings (SSSR count). The maximum Gasteiger partial charge on any atom is 0.260 e. The van der Waals surface area contributed by atoms with E-state index in [1.165, 1.54) is 11.3 Å². The van der Waals surface area contributed by atoms with Gasteiger partial charge in [0.2, 0.25) is 0 Å². The number of thiazole rings is 1. The zero-order valence-corrected chi connectivity index (χ0v) is 16.0. The van der Waals surface area contributed by atoms with E-state index in [9.17, 15) is 4.79 Å². The molecule has 2 aromatic carbocycles. The number of rotatable bonds is 4. The number of hydrogen-bond donors (Lipinski definition) is 0. The standard InChI is InChI=1S/C20H19ClN2O2S/c1-13-7-9-14(10-8-13)19(24)23(12-15-4-3-11-25-15)20-22-18-16(21)5-2-6-17(18)26-20/h2,5-10,15H,3-4,11-12H2,1H3. The van der Waals surface area contributed by atoms with Crippen LogP contribution in [0.1, 0.15) is 28.8 Å². The lowest BCUT2D eigenvalue weighted by molar-refractivity contribution is 0.0917. The summed E-state index contributed by atoms with van der Waals surface area (Å²) in [6.07, 6.45) is 2.04. The Kier molecular flexibility index (Phi) is 4.94. The van der Waals surface area contributed by atoms with Crippen LogP contribution < -0.4 is 4.90 Å². The number of halogens is 1. The summed E-state index contributed by atoms with van der Waals surface area (Å²) in [5, 5.41) is 1.26. The summed E-state index contributed by atoms with van der Waals surface area (Å²) in [6.45, 7) is 3.26. The molecule has 2 heterocycles. The lowest BCUT2D eigenvalue weighted by Gasteiger charge is -2.23. The van der Waals surface area contributed by atoms with Gasteiger partial charge in [0.05, 0.1) is 22.4 Å². The maximum absolute atomic E-state index is 13.2. The number of aromatic nitrogens is 1. The van der Waals surface area contributed by atoms with Crippen molar-refractivity contribution in [3.05, 3.63) is 58.6 Å². The summed E-state index contributed by atoms with van der Waals surface area (Å²) in [6, 6.07) is 13.3. The minimum Gasteiger partial charge on any atom is -0.376 e. The Hall–Kier alpha value is -1.95. The summed E-state index contributed by atoms with van der Waals surface area (Å²) in [5.74, 6) is -0.0596. The molecule has 3 aromatic rings. The van der Waals surface area contributed by atoms with Crippen LogP contribution >= 0.6 is 22.9 Å². The van der Waals surface area contributed by atoms with Crippen molar-refractivity contribution in [1.82, 2.24) is 4.98 Å². The first-order valence-electron chi connectivity index (χ1n) is 8.67. The number of ether oxygens (including phenoxy) is 1. The number of amides is 1. The second kappa shape index (κ2) is 7.35. The smallest absolute Gasteiger partial charge is 0.260 e. The molecule has 1 fully saturated rings. The zero-order chi connectivity index (χ0) is 18.1. The van der Waals surface area contributed by atoms with Crippen LogP contribution in [0.25, 0.3) is 10.2 Å². The molecule has 1 saturated heterocycles. The van der Waals surface area contributed by atoms with Gasteiger partial charge in [-0.1, -0.05) is 46.7 Å². The molecule has 1 aliphatic heterocycles. The van der Waals surface area contributed by atoms with Crippen molar-refractivity contribution >= 4 is 44.2 Å². The van der Waals surface area contributed by atoms with E-state index in [0.29, 0.717) is 22.3 Å². The highest BCUT2D eigenvalue weighted by molar-refractivity contribution is 7.22. The van der Waals surface area contributed by atoms with Gasteiger partial charge in [-0.05, 0) is 44.0 Å². The number of anilines is 1. The van der Waals surface area contributed by atoms with Crippen LogP contribution in [0.3, 0.4) is 0 Å². The summed E-state index contributed by atoms with van der Waals surface area (Å²) in [4.78, 5) is 19.6. The highest BCUT2D eigenvalue weighted by Gasteiger charge is 2.27. The van der Waals surface area contributed by atoms with E-state index < -0.39 is 0 Å².